The van der Waals surface area contributed by atoms with Gasteiger partial charge in [0.25, 0.3) is 5.91 Å². The maximum Gasteiger partial charge on any atom is 0.409 e. The van der Waals surface area contributed by atoms with Crippen molar-refractivity contribution in [1.82, 2.24) is 30.1 Å². The molecule has 1 saturated heterocycles. The number of carbonyl (C=O) groups is 3. The van der Waals surface area contributed by atoms with E-state index in [1.807, 2.05) is 13.8 Å². The van der Waals surface area contributed by atoms with E-state index in [0.29, 0.717) is 35.9 Å². The molecule has 2 aromatic heterocycles. The van der Waals surface area contributed by atoms with Crippen LogP contribution in [0.25, 0.3) is 11.4 Å². The van der Waals surface area contributed by atoms with E-state index in [9.17, 15) is 14.4 Å². The van der Waals surface area contributed by atoms with Crippen molar-refractivity contribution in [1.29, 1.82) is 0 Å². The fraction of sp³-hybridized carbons (Fsp3) is 0.500. The Morgan fingerprint density at radius 1 is 1.14 bits per heavy atom. The van der Waals surface area contributed by atoms with Crippen molar-refractivity contribution in [2.45, 2.75) is 52.6 Å². The number of nitrogens with zero attached hydrogens (tertiary/aromatic N) is 5. The summed E-state index contributed by atoms with van der Waals surface area (Å²) in [6, 6.07) is 4.30. The van der Waals surface area contributed by atoms with Gasteiger partial charge in [0.2, 0.25) is 5.91 Å². The van der Waals surface area contributed by atoms with Gasteiger partial charge in [0, 0.05) is 33.1 Å². The van der Waals surface area contributed by atoms with Crippen molar-refractivity contribution in [3.8, 4) is 11.4 Å². The van der Waals surface area contributed by atoms with Gasteiger partial charge in [0.05, 0.1) is 24.0 Å². The topological polar surface area (TPSA) is 118 Å². The van der Waals surface area contributed by atoms with Crippen molar-refractivity contribution in [2.24, 2.45) is 0 Å². The second-order valence-electron chi connectivity index (χ2n) is 8.54. The van der Waals surface area contributed by atoms with Gasteiger partial charge in [0.1, 0.15) is 16.7 Å². The summed E-state index contributed by atoms with van der Waals surface area (Å²) < 4.78 is 5.42. The Labute approximate surface area is 210 Å². The van der Waals surface area contributed by atoms with Crippen molar-refractivity contribution in [2.75, 3.05) is 26.7 Å². The molecule has 11 heteroatoms. The molecule has 0 spiro atoms. The lowest BCUT2D eigenvalue weighted by molar-refractivity contribution is -0.137. The van der Waals surface area contributed by atoms with Gasteiger partial charge in [-0.3, -0.25) is 9.59 Å². The normalized spacial score (nSPS) is 17.8. The van der Waals surface area contributed by atoms with Crippen LogP contribution in [-0.4, -0.2) is 75.4 Å². The highest BCUT2D eigenvalue weighted by Crippen LogP contribution is 2.32. The van der Waals surface area contributed by atoms with Crippen LogP contribution >= 0.6 is 11.6 Å². The molecule has 0 saturated carbocycles. The number of aryl methyl sites for hydroxylation is 1. The molecule has 0 aromatic carbocycles. The number of amides is 3. The van der Waals surface area contributed by atoms with Crippen molar-refractivity contribution in [3.63, 3.8) is 0 Å². The highest BCUT2D eigenvalue weighted by Gasteiger charge is 2.37. The number of halogens is 1. The largest absolute Gasteiger partial charge is 0.449 e. The fourth-order valence-corrected chi connectivity index (χ4v) is 4.43. The molecular formula is C24H31ClN6O4. The number of nitrogens with one attached hydrogen (secondary N) is 1. The number of ether oxygens (including phenoxy) is 1. The van der Waals surface area contributed by atoms with Crippen LogP contribution in [0.15, 0.2) is 18.2 Å². The average molecular weight is 503 g/mol. The predicted molar refractivity (Wildman–Crippen MR) is 131 cm³/mol. The standard InChI is InChI=1S/C24H31ClN6O4/c1-6-7-8-35-24(34)30-12-14(2)31(16(4)32)21(13-30)17-9-18(29-22(25)10-17)19-11-20(23(33)26-5)28-15(3)27-19/h9-11,14,21H,6-8,12-13H2,1-5H3,(H,26,33). The van der Waals surface area contributed by atoms with Gasteiger partial charge in [0.15, 0.2) is 0 Å². The first-order valence-electron chi connectivity index (χ1n) is 11.6. The average Bonchev–Trinajstić information content (AvgIpc) is 2.82. The summed E-state index contributed by atoms with van der Waals surface area (Å²) in [6.45, 7) is 8.09. The van der Waals surface area contributed by atoms with Crippen molar-refractivity contribution >= 4 is 29.5 Å². The predicted octanol–water partition coefficient (Wildman–Crippen LogP) is 3.39. The van der Waals surface area contributed by atoms with Crippen LogP contribution < -0.4 is 5.32 Å². The maximum atomic E-state index is 12.7. The molecule has 10 nitrogen and oxygen atoms in total. The SMILES string of the molecule is CCCCOC(=O)N1CC(C)N(C(C)=O)C(c2cc(Cl)nc(-c3cc(C(=O)NC)nc(C)n3)c2)C1. The molecule has 2 aromatic rings. The van der Waals surface area contributed by atoms with Crippen molar-refractivity contribution < 1.29 is 19.1 Å². The Hall–Kier alpha value is -3.27. The van der Waals surface area contributed by atoms with Gasteiger partial charge in [-0.1, -0.05) is 24.9 Å². The molecule has 1 aliphatic rings. The van der Waals surface area contributed by atoms with Gasteiger partial charge in [-0.2, -0.15) is 0 Å². The molecule has 0 bridgehead atoms. The smallest absolute Gasteiger partial charge is 0.409 e. The highest BCUT2D eigenvalue weighted by atomic mass is 35.5. The molecule has 3 amide bonds. The monoisotopic (exact) mass is 502 g/mol. The first kappa shape index (κ1) is 26.3. The summed E-state index contributed by atoms with van der Waals surface area (Å²) in [6.07, 6.45) is 1.31. The summed E-state index contributed by atoms with van der Waals surface area (Å²) in [5, 5.41) is 2.75. The molecule has 1 N–H and O–H groups in total. The lowest BCUT2D eigenvalue weighted by Gasteiger charge is -2.45. The third-order valence-corrected chi connectivity index (χ3v) is 5.99. The van der Waals surface area contributed by atoms with E-state index in [1.165, 1.54) is 20.0 Å². The number of aromatic nitrogens is 3. The van der Waals surface area contributed by atoms with E-state index in [4.69, 9.17) is 16.3 Å². The van der Waals surface area contributed by atoms with Gasteiger partial charge in [-0.25, -0.2) is 19.7 Å². The maximum absolute atomic E-state index is 12.7. The van der Waals surface area contributed by atoms with E-state index >= 15 is 0 Å². The lowest BCUT2D eigenvalue weighted by atomic mass is 9.99. The van der Waals surface area contributed by atoms with E-state index in [0.717, 1.165) is 12.8 Å². The molecule has 3 heterocycles. The van der Waals surface area contributed by atoms with Crippen LogP contribution in [0.2, 0.25) is 5.15 Å². The first-order valence-corrected chi connectivity index (χ1v) is 12.0. The minimum atomic E-state index is -0.462. The Kier molecular flexibility index (Phi) is 8.61. The van der Waals surface area contributed by atoms with Gasteiger partial charge in [-0.05, 0) is 44.0 Å². The minimum Gasteiger partial charge on any atom is -0.449 e. The molecule has 1 aliphatic heterocycles. The van der Waals surface area contributed by atoms with Crippen LogP contribution in [0, 0.1) is 6.92 Å². The second-order valence-corrected chi connectivity index (χ2v) is 8.92. The molecule has 0 aliphatic carbocycles. The molecule has 2 unspecified atom stereocenters. The molecule has 3 rings (SSSR count). The zero-order valence-electron chi connectivity index (χ0n) is 20.7. The zero-order chi connectivity index (χ0) is 25.7. The lowest BCUT2D eigenvalue weighted by Crippen LogP contribution is -2.56. The molecule has 0 radical (unpaired) electrons. The van der Waals surface area contributed by atoms with Crippen molar-refractivity contribution in [3.05, 3.63) is 40.4 Å². The number of unbranched alkanes of at least 4 members (excludes halogenated alkanes) is 1. The van der Waals surface area contributed by atoms with Crippen LogP contribution in [0.3, 0.4) is 0 Å². The van der Waals surface area contributed by atoms with Crippen LogP contribution in [0.1, 0.15) is 61.5 Å². The quantitative estimate of drug-likeness (QED) is 0.475. The Morgan fingerprint density at radius 2 is 1.86 bits per heavy atom. The Bertz CT molecular complexity index is 1110. The van der Waals surface area contributed by atoms with Crippen LogP contribution in [0.4, 0.5) is 4.79 Å². The molecule has 188 valence electrons. The summed E-state index contributed by atoms with van der Waals surface area (Å²) in [5.74, 6) is -0.0575. The van der Waals surface area contributed by atoms with Gasteiger partial charge >= 0.3 is 6.09 Å². The van der Waals surface area contributed by atoms with E-state index in [2.05, 4.69) is 20.3 Å². The number of hydrogen-bond acceptors (Lipinski definition) is 7. The summed E-state index contributed by atoms with van der Waals surface area (Å²) in [4.78, 5) is 53.8. The third kappa shape index (κ3) is 6.25. The number of hydrogen-bond donors (Lipinski definition) is 1. The molecule has 2 atom stereocenters. The van der Waals surface area contributed by atoms with E-state index in [1.54, 1.807) is 28.9 Å². The van der Waals surface area contributed by atoms with E-state index in [-0.39, 0.29) is 35.2 Å². The Balaban J connectivity index is 2.00. The fourth-order valence-electron chi connectivity index (χ4n) is 4.21. The first-order chi connectivity index (χ1) is 16.6. The zero-order valence-corrected chi connectivity index (χ0v) is 21.4. The number of rotatable bonds is 6. The van der Waals surface area contributed by atoms with E-state index < -0.39 is 12.1 Å². The number of piperazine rings is 1. The summed E-state index contributed by atoms with van der Waals surface area (Å²) in [5.41, 5.74) is 1.76. The summed E-state index contributed by atoms with van der Waals surface area (Å²) >= 11 is 6.39. The molecular weight excluding hydrogens is 472 g/mol. The second kappa shape index (κ2) is 11.4. The third-order valence-electron chi connectivity index (χ3n) is 5.80. The minimum absolute atomic E-state index is 0.115. The van der Waals surface area contributed by atoms with Crippen LogP contribution in [-0.2, 0) is 9.53 Å². The van der Waals surface area contributed by atoms with Gasteiger partial charge < -0.3 is 19.9 Å². The molecule has 35 heavy (non-hydrogen) atoms. The number of pyridine rings is 1. The highest BCUT2D eigenvalue weighted by molar-refractivity contribution is 6.29. The van der Waals surface area contributed by atoms with Crippen LogP contribution in [0.5, 0.6) is 0 Å². The van der Waals surface area contributed by atoms with Gasteiger partial charge in [-0.15, -0.1) is 0 Å². The number of carbonyl (C=O) groups excluding carboxylic acids is 3. The summed E-state index contributed by atoms with van der Waals surface area (Å²) in [7, 11) is 1.52. The Morgan fingerprint density at radius 3 is 2.51 bits per heavy atom. The molecule has 1 fully saturated rings.